The first kappa shape index (κ1) is 14.5. The molecule has 0 bridgehead atoms. The Balaban J connectivity index is 2.43. The number of hydrogen-bond donors (Lipinski definition) is 2. The Morgan fingerprint density at radius 2 is 1.84 bits per heavy atom. The van der Waals surface area contributed by atoms with E-state index in [-0.39, 0.29) is 11.9 Å². The number of nitrogens with two attached hydrogens (primary N) is 1. The van der Waals surface area contributed by atoms with Crippen LogP contribution >= 0.6 is 27.5 Å². The molecule has 5 heteroatoms. The van der Waals surface area contributed by atoms with Gasteiger partial charge in [0.2, 0.25) is 0 Å². The second kappa shape index (κ2) is 6.01. The third kappa shape index (κ3) is 3.15. The largest absolute Gasteiger partial charge is 0.271 e. The van der Waals surface area contributed by atoms with E-state index in [1.54, 1.807) is 12.1 Å². The Bertz CT molecular complexity index is 552. The van der Waals surface area contributed by atoms with Gasteiger partial charge in [0.05, 0.1) is 10.5 Å². The minimum absolute atomic E-state index is 0.241. The molecule has 0 amide bonds. The van der Waals surface area contributed by atoms with E-state index in [2.05, 4.69) is 21.4 Å². The normalized spacial score (nSPS) is 12.5. The molecular weight excluding hydrogens is 331 g/mol. The topological polar surface area (TPSA) is 38.0 Å². The predicted molar refractivity (Wildman–Crippen MR) is 79.5 cm³/mol. The van der Waals surface area contributed by atoms with E-state index in [0.717, 1.165) is 16.7 Å². The van der Waals surface area contributed by atoms with Gasteiger partial charge < -0.3 is 0 Å². The molecule has 0 radical (unpaired) electrons. The lowest BCUT2D eigenvalue weighted by Gasteiger charge is -2.18. The molecule has 0 aliphatic carbocycles. The molecule has 0 saturated carbocycles. The van der Waals surface area contributed by atoms with Crippen LogP contribution in [0.1, 0.15) is 22.7 Å². The van der Waals surface area contributed by atoms with Gasteiger partial charge in [0.15, 0.2) is 0 Å². The highest BCUT2D eigenvalue weighted by Gasteiger charge is 2.14. The van der Waals surface area contributed by atoms with Crippen LogP contribution in [-0.2, 0) is 0 Å². The summed E-state index contributed by atoms with van der Waals surface area (Å²) in [4.78, 5) is 0. The predicted octanol–water partition coefficient (Wildman–Crippen LogP) is 4.10. The van der Waals surface area contributed by atoms with E-state index in [9.17, 15) is 4.39 Å². The SMILES string of the molecule is Cc1ccc(C(NN)c2ccc(F)c(Br)c2)cc1Cl. The molecule has 0 fully saturated rings. The molecule has 0 spiro atoms. The van der Waals surface area contributed by atoms with Crippen LogP contribution in [-0.4, -0.2) is 0 Å². The second-order valence-electron chi connectivity index (χ2n) is 4.28. The van der Waals surface area contributed by atoms with Crippen LogP contribution in [0.5, 0.6) is 0 Å². The zero-order valence-electron chi connectivity index (χ0n) is 10.3. The van der Waals surface area contributed by atoms with Gasteiger partial charge >= 0.3 is 0 Å². The zero-order chi connectivity index (χ0) is 14.0. The van der Waals surface area contributed by atoms with Crippen molar-refractivity contribution in [3.05, 3.63) is 68.4 Å². The number of hydrogen-bond acceptors (Lipinski definition) is 2. The molecule has 2 rings (SSSR count). The summed E-state index contributed by atoms with van der Waals surface area (Å²) >= 11 is 9.29. The van der Waals surface area contributed by atoms with Gasteiger partial charge in [0.25, 0.3) is 0 Å². The number of benzene rings is 2. The summed E-state index contributed by atoms with van der Waals surface area (Å²) in [5, 5.41) is 0.680. The van der Waals surface area contributed by atoms with Crippen molar-refractivity contribution >= 4 is 27.5 Å². The molecular formula is C14H13BrClFN2. The zero-order valence-corrected chi connectivity index (χ0v) is 12.6. The van der Waals surface area contributed by atoms with E-state index >= 15 is 0 Å². The van der Waals surface area contributed by atoms with E-state index in [1.165, 1.54) is 6.07 Å². The van der Waals surface area contributed by atoms with Crippen LogP contribution in [0.4, 0.5) is 4.39 Å². The quantitative estimate of drug-likeness (QED) is 0.650. The number of nitrogens with one attached hydrogen (secondary N) is 1. The van der Waals surface area contributed by atoms with Crippen molar-refractivity contribution in [3.63, 3.8) is 0 Å². The van der Waals surface area contributed by atoms with E-state index in [4.69, 9.17) is 17.4 Å². The van der Waals surface area contributed by atoms with Crippen molar-refractivity contribution in [3.8, 4) is 0 Å². The molecule has 100 valence electrons. The molecule has 0 heterocycles. The maximum absolute atomic E-state index is 13.3. The summed E-state index contributed by atoms with van der Waals surface area (Å²) in [7, 11) is 0. The molecule has 0 saturated heterocycles. The van der Waals surface area contributed by atoms with E-state index < -0.39 is 0 Å². The minimum Gasteiger partial charge on any atom is -0.271 e. The fourth-order valence-electron chi connectivity index (χ4n) is 1.87. The maximum atomic E-state index is 13.3. The van der Waals surface area contributed by atoms with Gasteiger partial charge in [0, 0.05) is 5.02 Å². The summed E-state index contributed by atoms with van der Waals surface area (Å²) in [5.74, 6) is 5.31. The first-order valence-electron chi connectivity index (χ1n) is 5.70. The van der Waals surface area contributed by atoms with Crippen molar-refractivity contribution < 1.29 is 4.39 Å². The summed E-state index contributed by atoms with van der Waals surface area (Å²) in [6.45, 7) is 1.94. The standard InChI is InChI=1S/C14H13BrClFN2/c1-8-2-3-10(7-12(8)16)14(19-18)9-4-5-13(17)11(15)6-9/h2-7,14,19H,18H2,1H3. The molecule has 0 aromatic heterocycles. The molecule has 19 heavy (non-hydrogen) atoms. The Morgan fingerprint density at radius 1 is 1.21 bits per heavy atom. The first-order valence-corrected chi connectivity index (χ1v) is 6.87. The smallest absolute Gasteiger partial charge is 0.137 e. The first-order chi connectivity index (χ1) is 9.02. The molecule has 0 aliphatic rings. The number of hydrazine groups is 1. The average molecular weight is 344 g/mol. The second-order valence-corrected chi connectivity index (χ2v) is 5.54. The summed E-state index contributed by atoms with van der Waals surface area (Å²) < 4.78 is 13.7. The molecule has 2 nitrogen and oxygen atoms in total. The summed E-state index contributed by atoms with van der Waals surface area (Å²) in [6.07, 6.45) is 0. The molecule has 3 N–H and O–H groups in total. The Kier molecular flexibility index (Phi) is 4.58. The van der Waals surface area contributed by atoms with Gasteiger partial charge in [-0.3, -0.25) is 5.84 Å². The van der Waals surface area contributed by atoms with Crippen LogP contribution < -0.4 is 11.3 Å². The molecule has 2 aromatic carbocycles. The number of halogens is 3. The van der Waals surface area contributed by atoms with Crippen LogP contribution in [0.15, 0.2) is 40.9 Å². The van der Waals surface area contributed by atoms with Crippen molar-refractivity contribution in [2.24, 2.45) is 5.84 Å². The molecule has 1 unspecified atom stereocenters. The van der Waals surface area contributed by atoms with Crippen molar-refractivity contribution in [1.29, 1.82) is 0 Å². The van der Waals surface area contributed by atoms with Gasteiger partial charge in [-0.05, 0) is 57.7 Å². The van der Waals surface area contributed by atoms with Gasteiger partial charge in [-0.15, -0.1) is 0 Å². The van der Waals surface area contributed by atoms with Crippen LogP contribution in [0, 0.1) is 12.7 Å². The van der Waals surface area contributed by atoms with Gasteiger partial charge in [-0.25, -0.2) is 9.82 Å². The lowest BCUT2D eigenvalue weighted by molar-refractivity contribution is 0.610. The average Bonchev–Trinajstić information content (AvgIpc) is 2.39. The Morgan fingerprint density at radius 3 is 2.42 bits per heavy atom. The van der Waals surface area contributed by atoms with Gasteiger partial charge in [0.1, 0.15) is 5.82 Å². The third-order valence-electron chi connectivity index (χ3n) is 2.97. The van der Waals surface area contributed by atoms with Crippen molar-refractivity contribution in [1.82, 2.24) is 5.43 Å². The highest BCUT2D eigenvalue weighted by Crippen LogP contribution is 2.28. The fraction of sp³-hybridized carbons (Fsp3) is 0.143. The number of aryl methyl sites for hydroxylation is 1. The van der Waals surface area contributed by atoms with E-state index in [1.807, 2.05) is 25.1 Å². The van der Waals surface area contributed by atoms with Gasteiger partial charge in [-0.1, -0.05) is 29.8 Å². The monoisotopic (exact) mass is 342 g/mol. The Hall–Kier alpha value is -0.940. The molecule has 2 aromatic rings. The Labute approximate surface area is 124 Å². The highest BCUT2D eigenvalue weighted by molar-refractivity contribution is 9.10. The van der Waals surface area contributed by atoms with Gasteiger partial charge in [-0.2, -0.15) is 0 Å². The van der Waals surface area contributed by atoms with Crippen LogP contribution in [0.3, 0.4) is 0 Å². The maximum Gasteiger partial charge on any atom is 0.137 e. The van der Waals surface area contributed by atoms with Crippen LogP contribution in [0.2, 0.25) is 5.02 Å². The third-order valence-corrected chi connectivity index (χ3v) is 3.99. The molecule has 1 atom stereocenters. The molecule has 0 aliphatic heterocycles. The van der Waals surface area contributed by atoms with E-state index in [0.29, 0.717) is 9.50 Å². The highest BCUT2D eigenvalue weighted by atomic mass is 79.9. The fourth-order valence-corrected chi connectivity index (χ4v) is 2.45. The van der Waals surface area contributed by atoms with Crippen molar-refractivity contribution in [2.45, 2.75) is 13.0 Å². The summed E-state index contributed by atoms with van der Waals surface area (Å²) in [5.41, 5.74) is 5.51. The lowest BCUT2D eigenvalue weighted by Crippen LogP contribution is -2.28. The van der Waals surface area contributed by atoms with Crippen LogP contribution in [0.25, 0.3) is 0 Å². The van der Waals surface area contributed by atoms with Crippen molar-refractivity contribution in [2.75, 3.05) is 0 Å². The lowest BCUT2D eigenvalue weighted by atomic mass is 9.98. The number of rotatable bonds is 3. The minimum atomic E-state index is -0.304. The summed E-state index contributed by atoms with van der Waals surface area (Å²) in [6, 6.07) is 10.3.